The fourth-order valence-corrected chi connectivity index (χ4v) is 3.49. The number of nitriles is 1. The molecule has 0 aromatic heterocycles. The van der Waals surface area contributed by atoms with Gasteiger partial charge in [0.2, 0.25) is 0 Å². The lowest BCUT2D eigenvalue weighted by Crippen LogP contribution is -2.53. The van der Waals surface area contributed by atoms with Gasteiger partial charge in [-0.25, -0.2) is 0 Å². The van der Waals surface area contributed by atoms with Crippen molar-refractivity contribution in [1.82, 2.24) is 9.80 Å². The minimum atomic E-state index is -0.111. The molecule has 0 bridgehead atoms. The van der Waals surface area contributed by atoms with Crippen molar-refractivity contribution in [1.29, 1.82) is 5.26 Å². The third-order valence-corrected chi connectivity index (χ3v) is 4.97. The molecule has 3 nitrogen and oxygen atoms in total. The SMILES string of the molecule is CCN1C[C@H](C#N)N(Cc2ccccc2)[C@H](c2ccc(Cl)cc2)C1. The van der Waals surface area contributed by atoms with E-state index in [1.807, 2.05) is 18.2 Å². The first-order valence-corrected chi connectivity index (χ1v) is 8.76. The molecular weight excluding hydrogens is 318 g/mol. The van der Waals surface area contributed by atoms with E-state index in [2.05, 4.69) is 59.2 Å². The smallest absolute Gasteiger partial charge is 0.111 e. The van der Waals surface area contributed by atoms with Crippen LogP contribution in [0.3, 0.4) is 0 Å². The van der Waals surface area contributed by atoms with Crippen molar-refractivity contribution >= 4 is 11.6 Å². The fourth-order valence-electron chi connectivity index (χ4n) is 3.36. The second kappa shape index (κ2) is 7.81. The maximum atomic E-state index is 9.72. The summed E-state index contributed by atoms with van der Waals surface area (Å²) in [6.45, 7) is 5.62. The molecule has 3 rings (SSSR count). The normalized spacial score (nSPS) is 22.2. The van der Waals surface area contributed by atoms with E-state index in [-0.39, 0.29) is 12.1 Å². The van der Waals surface area contributed by atoms with Gasteiger partial charge in [0.15, 0.2) is 0 Å². The predicted molar refractivity (Wildman–Crippen MR) is 97.7 cm³/mol. The van der Waals surface area contributed by atoms with Crippen molar-refractivity contribution in [2.45, 2.75) is 25.6 Å². The van der Waals surface area contributed by atoms with Crippen LogP contribution in [0.15, 0.2) is 54.6 Å². The number of hydrogen-bond donors (Lipinski definition) is 0. The lowest BCUT2D eigenvalue weighted by Gasteiger charge is -2.44. The minimum Gasteiger partial charge on any atom is -0.299 e. The van der Waals surface area contributed by atoms with Crippen molar-refractivity contribution in [2.24, 2.45) is 0 Å². The van der Waals surface area contributed by atoms with Gasteiger partial charge in [0, 0.05) is 30.7 Å². The van der Waals surface area contributed by atoms with Crippen LogP contribution >= 0.6 is 11.6 Å². The van der Waals surface area contributed by atoms with E-state index in [4.69, 9.17) is 11.6 Å². The second-order valence-corrected chi connectivity index (χ2v) is 6.66. The molecule has 0 radical (unpaired) electrons. The van der Waals surface area contributed by atoms with Crippen molar-refractivity contribution in [2.75, 3.05) is 19.6 Å². The molecule has 0 saturated carbocycles. The molecule has 0 amide bonds. The Bertz CT molecular complexity index is 693. The van der Waals surface area contributed by atoms with Crippen LogP contribution in [0.4, 0.5) is 0 Å². The van der Waals surface area contributed by atoms with E-state index >= 15 is 0 Å². The maximum Gasteiger partial charge on any atom is 0.111 e. The van der Waals surface area contributed by atoms with Crippen molar-refractivity contribution < 1.29 is 0 Å². The van der Waals surface area contributed by atoms with Crippen LogP contribution in [0.1, 0.15) is 24.1 Å². The van der Waals surface area contributed by atoms with Gasteiger partial charge in [-0.1, -0.05) is 61.0 Å². The predicted octanol–water partition coefficient (Wildman–Crippen LogP) is 4.11. The summed E-state index contributed by atoms with van der Waals surface area (Å²) in [4.78, 5) is 4.68. The number of rotatable bonds is 4. The standard InChI is InChI=1S/C20H22ClN3/c1-2-23-14-19(12-22)24(13-16-6-4-3-5-7-16)20(15-23)17-8-10-18(21)11-9-17/h3-11,19-20H,2,13-15H2,1H3/t19-,20-/m0/s1. The highest BCUT2D eigenvalue weighted by Crippen LogP contribution is 2.31. The zero-order valence-corrected chi connectivity index (χ0v) is 14.7. The summed E-state index contributed by atoms with van der Waals surface area (Å²) in [5, 5.41) is 10.5. The van der Waals surface area contributed by atoms with Crippen LogP contribution in [0.25, 0.3) is 0 Å². The van der Waals surface area contributed by atoms with Gasteiger partial charge in [0.25, 0.3) is 0 Å². The van der Waals surface area contributed by atoms with Gasteiger partial charge in [0.1, 0.15) is 6.04 Å². The summed E-state index contributed by atoms with van der Waals surface area (Å²) in [6, 6.07) is 21.0. The minimum absolute atomic E-state index is 0.111. The highest BCUT2D eigenvalue weighted by molar-refractivity contribution is 6.30. The Morgan fingerprint density at radius 3 is 2.42 bits per heavy atom. The highest BCUT2D eigenvalue weighted by atomic mass is 35.5. The second-order valence-electron chi connectivity index (χ2n) is 6.22. The molecule has 2 atom stereocenters. The number of likely N-dealkylation sites (N-methyl/N-ethyl adjacent to an activating group) is 1. The molecule has 1 heterocycles. The zero-order chi connectivity index (χ0) is 16.9. The van der Waals surface area contributed by atoms with Gasteiger partial charge in [-0.15, -0.1) is 0 Å². The molecular formula is C20H22ClN3. The first-order chi connectivity index (χ1) is 11.7. The zero-order valence-electron chi connectivity index (χ0n) is 13.9. The van der Waals surface area contributed by atoms with Crippen LogP contribution in [0.5, 0.6) is 0 Å². The van der Waals surface area contributed by atoms with E-state index < -0.39 is 0 Å². The van der Waals surface area contributed by atoms with E-state index in [1.165, 1.54) is 11.1 Å². The molecule has 124 valence electrons. The number of benzene rings is 2. The van der Waals surface area contributed by atoms with E-state index in [0.29, 0.717) is 0 Å². The summed E-state index contributed by atoms with van der Waals surface area (Å²) in [7, 11) is 0. The van der Waals surface area contributed by atoms with Crippen molar-refractivity contribution in [3.05, 3.63) is 70.7 Å². The Hall–Kier alpha value is -1.86. The molecule has 0 spiro atoms. The van der Waals surface area contributed by atoms with Crippen LogP contribution in [0.2, 0.25) is 5.02 Å². The molecule has 2 aromatic carbocycles. The fraction of sp³-hybridized carbons (Fsp3) is 0.350. The number of piperazine rings is 1. The van der Waals surface area contributed by atoms with E-state index in [0.717, 1.165) is 31.2 Å². The number of hydrogen-bond acceptors (Lipinski definition) is 3. The average Bonchev–Trinajstić information content (AvgIpc) is 2.63. The summed E-state index contributed by atoms with van der Waals surface area (Å²) in [6.07, 6.45) is 0. The molecule has 2 aromatic rings. The largest absolute Gasteiger partial charge is 0.299 e. The van der Waals surface area contributed by atoms with Gasteiger partial charge in [-0.2, -0.15) is 5.26 Å². The maximum absolute atomic E-state index is 9.72. The summed E-state index contributed by atoms with van der Waals surface area (Å²) in [5.41, 5.74) is 2.45. The molecule has 0 unspecified atom stereocenters. The van der Waals surface area contributed by atoms with E-state index in [1.54, 1.807) is 0 Å². The first kappa shape index (κ1) is 17.0. The summed E-state index contributed by atoms with van der Waals surface area (Å²) in [5.74, 6) is 0. The first-order valence-electron chi connectivity index (χ1n) is 8.38. The monoisotopic (exact) mass is 339 g/mol. The van der Waals surface area contributed by atoms with Gasteiger partial charge < -0.3 is 0 Å². The number of nitrogens with zero attached hydrogens (tertiary/aromatic N) is 3. The Labute approximate surface area is 149 Å². The van der Waals surface area contributed by atoms with Gasteiger partial charge in [0.05, 0.1) is 6.07 Å². The molecule has 1 saturated heterocycles. The third kappa shape index (κ3) is 3.79. The topological polar surface area (TPSA) is 30.3 Å². The lowest BCUT2D eigenvalue weighted by atomic mass is 9.98. The third-order valence-electron chi connectivity index (χ3n) is 4.72. The lowest BCUT2D eigenvalue weighted by molar-refractivity contribution is 0.0416. The summed E-state index contributed by atoms with van der Waals surface area (Å²) >= 11 is 6.05. The Kier molecular flexibility index (Phi) is 5.52. The number of halogens is 1. The Morgan fingerprint density at radius 1 is 1.08 bits per heavy atom. The highest BCUT2D eigenvalue weighted by Gasteiger charge is 2.34. The Morgan fingerprint density at radius 2 is 1.79 bits per heavy atom. The molecule has 1 aliphatic heterocycles. The van der Waals surface area contributed by atoms with Crippen LogP contribution in [-0.4, -0.2) is 35.5 Å². The van der Waals surface area contributed by atoms with Crippen LogP contribution in [0, 0.1) is 11.3 Å². The quantitative estimate of drug-likeness (QED) is 0.839. The van der Waals surface area contributed by atoms with Crippen LogP contribution in [-0.2, 0) is 6.54 Å². The molecule has 1 aliphatic rings. The Balaban J connectivity index is 1.92. The molecule has 0 aliphatic carbocycles. The average molecular weight is 340 g/mol. The van der Waals surface area contributed by atoms with Crippen molar-refractivity contribution in [3.63, 3.8) is 0 Å². The molecule has 24 heavy (non-hydrogen) atoms. The molecule has 1 fully saturated rings. The summed E-state index contributed by atoms with van der Waals surface area (Å²) < 4.78 is 0. The van der Waals surface area contributed by atoms with Crippen LogP contribution < -0.4 is 0 Å². The van der Waals surface area contributed by atoms with Gasteiger partial charge >= 0.3 is 0 Å². The van der Waals surface area contributed by atoms with Gasteiger partial charge in [-0.05, 0) is 29.8 Å². The van der Waals surface area contributed by atoms with Gasteiger partial charge in [-0.3, -0.25) is 9.80 Å². The molecule has 4 heteroatoms. The molecule has 0 N–H and O–H groups in total. The van der Waals surface area contributed by atoms with Crippen molar-refractivity contribution in [3.8, 4) is 6.07 Å². The van der Waals surface area contributed by atoms with E-state index in [9.17, 15) is 5.26 Å².